The van der Waals surface area contributed by atoms with Gasteiger partial charge in [0.05, 0.1) is 4.91 Å². The number of carbonyl (C=O) groups is 1. The summed E-state index contributed by atoms with van der Waals surface area (Å²) in [5.74, 6) is 0.645. The third kappa shape index (κ3) is 4.27. The Labute approximate surface area is 143 Å². The second-order valence-corrected chi connectivity index (χ2v) is 6.92. The molecule has 23 heavy (non-hydrogen) atoms. The zero-order valence-corrected chi connectivity index (χ0v) is 14.2. The van der Waals surface area contributed by atoms with Crippen molar-refractivity contribution in [3.05, 3.63) is 70.6 Å². The standard InChI is InChI=1S/C18H15NO2S2/c1-22-18-19-17(20)16(23-18)11-13-7-9-15(10-8-13)21-12-14-5-3-2-4-6-14/h2-11H,12H2,1H3. The van der Waals surface area contributed by atoms with Gasteiger partial charge >= 0.3 is 0 Å². The van der Waals surface area contributed by atoms with Gasteiger partial charge in [-0.1, -0.05) is 54.2 Å². The molecule has 0 radical (unpaired) electrons. The van der Waals surface area contributed by atoms with E-state index in [4.69, 9.17) is 4.74 Å². The predicted molar refractivity (Wildman–Crippen MR) is 98.7 cm³/mol. The lowest BCUT2D eigenvalue weighted by Gasteiger charge is -2.06. The first-order valence-corrected chi connectivity index (χ1v) is 9.12. The van der Waals surface area contributed by atoms with Crippen molar-refractivity contribution >= 4 is 39.9 Å². The summed E-state index contributed by atoms with van der Waals surface area (Å²) in [6.45, 7) is 0.542. The molecule has 3 rings (SSSR count). The highest BCUT2D eigenvalue weighted by Crippen LogP contribution is 2.32. The highest BCUT2D eigenvalue weighted by molar-refractivity contribution is 8.40. The van der Waals surface area contributed by atoms with Crippen molar-refractivity contribution in [1.82, 2.24) is 0 Å². The fourth-order valence-corrected chi connectivity index (χ4v) is 3.45. The van der Waals surface area contributed by atoms with Crippen LogP contribution in [-0.2, 0) is 11.4 Å². The van der Waals surface area contributed by atoms with Crippen LogP contribution in [0.1, 0.15) is 11.1 Å². The van der Waals surface area contributed by atoms with E-state index >= 15 is 0 Å². The van der Waals surface area contributed by atoms with Gasteiger partial charge in [0.2, 0.25) is 0 Å². The smallest absolute Gasteiger partial charge is 0.285 e. The SMILES string of the molecule is CSC1=NC(=O)C(=Cc2ccc(OCc3ccccc3)cc2)S1. The van der Waals surface area contributed by atoms with Crippen molar-refractivity contribution in [3.8, 4) is 5.75 Å². The molecule has 116 valence electrons. The average molecular weight is 341 g/mol. The van der Waals surface area contributed by atoms with E-state index < -0.39 is 0 Å². The molecule has 0 aromatic heterocycles. The molecule has 1 aliphatic rings. The molecule has 2 aromatic rings. The van der Waals surface area contributed by atoms with Crippen LogP contribution in [-0.4, -0.2) is 16.5 Å². The Bertz CT molecular complexity index is 752. The summed E-state index contributed by atoms with van der Waals surface area (Å²) in [7, 11) is 0. The monoisotopic (exact) mass is 341 g/mol. The number of hydrogen-bond acceptors (Lipinski definition) is 4. The molecule has 1 heterocycles. The number of rotatable bonds is 4. The lowest BCUT2D eigenvalue weighted by atomic mass is 10.2. The Morgan fingerprint density at radius 3 is 2.52 bits per heavy atom. The van der Waals surface area contributed by atoms with Gasteiger partial charge in [0.25, 0.3) is 5.91 Å². The molecule has 3 nitrogen and oxygen atoms in total. The van der Waals surface area contributed by atoms with Crippen LogP contribution in [0.25, 0.3) is 6.08 Å². The van der Waals surface area contributed by atoms with Gasteiger partial charge < -0.3 is 4.74 Å². The third-order valence-corrected chi connectivity index (χ3v) is 5.17. The van der Waals surface area contributed by atoms with Crippen molar-refractivity contribution in [2.45, 2.75) is 6.61 Å². The van der Waals surface area contributed by atoms with E-state index in [1.165, 1.54) is 23.5 Å². The Balaban J connectivity index is 1.63. The van der Waals surface area contributed by atoms with E-state index in [-0.39, 0.29) is 5.91 Å². The molecular weight excluding hydrogens is 326 g/mol. The summed E-state index contributed by atoms with van der Waals surface area (Å²) in [5, 5.41) is 0. The van der Waals surface area contributed by atoms with Crippen molar-refractivity contribution in [1.29, 1.82) is 0 Å². The fraction of sp³-hybridized carbons (Fsp3) is 0.111. The molecule has 0 aliphatic carbocycles. The van der Waals surface area contributed by atoms with Gasteiger partial charge in [-0.25, -0.2) is 0 Å². The minimum absolute atomic E-state index is 0.163. The van der Waals surface area contributed by atoms with E-state index in [1.807, 2.05) is 66.9 Å². The first-order chi connectivity index (χ1) is 11.2. The Morgan fingerprint density at radius 2 is 1.87 bits per heavy atom. The number of thioether (sulfide) groups is 2. The van der Waals surface area contributed by atoms with Gasteiger partial charge in [0, 0.05) is 0 Å². The predicted octanol–water partition coefficient (Wildman–Crippen LogP) is 4.60. The minimum atomic E-state index is -0.163. The van der Waals surface area contributed by atoms with E-state index in [2.05, 4.69) is 4.99 Å². The van der Waals surface area contributed by atoms with Crippen LogP contribution in [0.2, 0.25) is 0 Å². The molecule has 2 aromatic carbocycles. The summed E-state index contributed by atoms with van der Waals surface area (Å²) < 4.78 is 6.55. The van der Waals surface area contributed by atoms with Crippen molar-refractivity contribution < 1.29 is 9.53 Å². The first kappa shape index (κ1) is 15.9. The summed E-state index contributed by atoms with van der Waals surface area (Å²) >= 11 is 2.91. The highest BCUT2D eigenvalue weighted by atomic mass is 32.2. The van der Waals surface area contributed by atoms with Crippen molar-refractivity contribution in [3.63, 3.8) is 0 Å². The Hall–Kier alpha value is -1.98. The number of hydrogen-bond donors (Lipinski definition) is 0. The molecule has 0 unspecified atom stereocenters. The molecule has 1 amide bonds. The Kier molecular flexibility index (Phi) is 5.20. The van der Waals surface area contributed by atoms with Crippen LogP contribution in [0.5, 0.6) is 5.75 Å². The maximum atomic E-state index is 11.8. The number of ether oxygens (including phenoxy) is 1. The van der Waals surface area contributed by atoms with Gasteiger partial charge in [-0.3, -0.25) is 4.79 Å². The molecular formula is C18H15NO2S2. The van der Waals surface area contributed by atoms with Gasteiger partial charge in [0.15, 0.2) is 0 Å². The van der Waals surface area contributed by atoms with Gasteiger partial charge in [-0.2, -0.15) is 4.99 Å². The largest absolute Gasteiger partial charge is 0.489 e. The summed E-state index contributed by atoms with van der Waals surface area (Å²) in [4.78, 5) is 16.4. The highest BCUT2D eigenvalue weighted by Gasteiger charge is 2.20. The lowest BCUT2D eigenvalue weighted by molar-refractivity contribution is -0.113. The molecule has 0 N–H and O–H groups in total. The number of benzene rings is 2. The number of carbonyl (C=O) groups excluding carboxylic acids is 1. The van der Waals surface area contributed by atoms with Crippen molar-refractivity contribution in [2.24, 2.45) is 4.99 Å². The Morgan fingerprint density at radius 1 is 1.13 bits per heavy atom. The van der Waals surface area contributed by atoms with Crippen LogP contribution in [0, 0.1) is 0 Å². The zero-order valence-electron chi connectivity index (χ0n) is 12.6. The number of amides is 1. The zero-order chi connectivity index (χ0) is 16.1. The second-order valence-electron chi connectivity index (χ2n) is 4.84. The number of aliphatic imine (C=N–C) groups is 1. The van der Waals surface area contributed by atoms with Crippen LogP contribution in [0.4, 0.5) is 0 Å². The van der Waals surface area contributed by atoms with Crippen LogP contribution in [0.15, 0.2) is 64.5 Å². The third-order valence-electron chi connectivity index (χ3n) is 3.20. The molecule has 0 bridgehead atoms. The minimum Gasteiger partial charge on any atom is -0.489 e. The number of nitrogens with zero attached hydrogens (tertiary/aromatic N) is 1. The van der Waals surface area contributed by atoms with Gasteiger partial charge in [-0.05, 0) is 35.6 Å². The average Bonchev–Trinajstić information content (AvgIpc) is 2.95. The van der Waals surface area contributed by atoms with Crippen LogP contribution in [0.3, 0.4) is 0 Å². The molecule has 0 spiro atoms. The quantitative estimate of drug-likeness (QED) is 0.762. The molecule has 0 saturated carbocycles. The van der Waals surface area contributed by atoms with Gasteiger partial charge in [-0.15, -0.1) is 11.8 Å². The second kappa shape index (κ2) is 7.53. The lowest BCUT2D eigenvalue weighted by Crippen LogP contribution is -1.94. The molecule has 0 fully saturated rings. The topological polar surface area (TPSA) is 38.7 Å². The van der Waals surface area contributed by atoms with Crippen molar-refractivity contribution in [2.75, 3.05) is 6.26 Å². The van der Waals surface area contributed by atoms with Crippen LogP contribution >= 0.6 is 23.5 Å². The molecule has 0 saturated heterocycles. The fourth-order valence-electron chi connectivity index (χ4n) is 2.03. The van der Waals surface area contributed by atoms with E-state index in [1.54, 1.807) is 0 Å². The maximum Gasteiger partial charge on any atom is 0.285 e. The maximum absolute atomic E-state index is 11.8. The molecule has 5 heteroatoms. The van der Waals surface area contributed by atoms with E-state index in [0.717, 1.165) is 21.3 Å². The molecule has 1 aliphatic heterocycles. The summed E-state index contributed by atoms with van der Waals surface area (Å²) in [5.41, 5.74) is 2.10. The van der Waals surface area contributed by atoms with E-state index in [9.17, 15) is 4.79 Å². The van der Waals surface area contributed by atoms with E-state index in [0.29, 0.717) is 11.5 Å². The normalized spacial score (nSPS) is 15.8. The first-order valence-electron chi connectivity index (χ1n) is 7.08. The van der Waals surface area contributed by atoms with Crippen LogP contribution < -0.4 is 4.74 Å². The summed E-state index contributed by atoms with van der Waals surface area (Å²) in [6.07, 6.45) is 3.78. The molecule has 0 atom stereocenters. The van der Waals surface area contributed by atoms with Gasteiger partial charge in [0.1, 0.15) is 16.7 Å². The summed E-state index contributed by atoms with van der Waals surface area (Å²) in [6, 6.07) is 17.8.